The second-order valence-corrected chi connectivity index (χ2v) is 4.06. The highest BCUT2D eigenvalue weighted by Crippen LogP contribution is 2.03. The lowest BCUT2D eigenvalue weighted by atomic mass is 10.1. The molecule has 0 saturated carbocycles. The van der Waals surface area contributed by atoms with E-state index in [-0.39, 0.29) is 11.8 Å². The first-order chi connectivity index (χ1) is 7.36. The van der Waals surface area contributed by atoms with E-state index in [0.29, 0.717) is 0 Å². The van der Waals surface area contributed by atoms with Crippen LogP contribution in [0.3, 0.4) is 0 Å². The molecule has 0 aliphatic heterocycles. The maximum absolute atomic E-state index is 10.1. The Morgan fingerprint density at radius 3 is 1.19 bits per heavy atom. The van der Waals surface area contributed by atoms with E-state index in [2.05, 4.69) is 0 Å². The van der Waals surface area contributed by atoms with Gasteiger partial charge in [-0.15, -0.1) is 0 Å². The molecule has 0 bridgehead atoms. The van der Waals surface area contributed by atoms with E-state index in [1.165, 1.54) is 0 Å². The quantitative estimate of drug-likeness (QED) is 0.738. The molecule has 0 amide bonds. The maximum atomic E-state index is 10.1. The van der Waals surface area contributed by atoms with E-state index in [0.717, 1.165) is 25.7 Å². The first-order valence-corrected chi connectivity index (χ1v) is 5.82. The van der Waals surface area contributed by atoms with Gasteiger partial charge in [-0.2, -0.15) is 0 Å². The van der Waals surface area contributed by atoms with Crippen molar-refractivity contribution >= 4 is 11.9 Å². The Balaban J connectivity index is 0. The number of carboxylic acid groups (broad SMARTS) is 2. The summed E-state index contributed by atoms with van der Waals surface area (Å²) in [6.45, 7) is 7.43. The monoisotopic (exact) mass is 232 g/mol. The molecule has 0 fully saturated rings. The van der Waals surface area contributed by atoms with Gasteiger partial charge in [-0.25, -0.2) is 0 Å². The average molecular weight is 232 g/mol. The Kier molecular flexibility index (Phi) is 11.3. The van der Waals surface area contributed by atoms with Gasteiger partial charge in [0.25, 0.3) is 0 Å². The lowest BCUT2D eigenvalue weighted by Crippen LogP contribution is -2.08. The van der Waals surface area contributed by atoms with Crippen molar-refractivity contribution < 1.29 is 19.8 Å². The molecule has 0 unspecified atom stereocenters. The van der Waals surface area contributed by atoms with Crippen molar-refractivity contribution in [1.82, 2.24) is 0 Å². The Hall–Kier alpha value is -1.06. The summed E-state index contributed by atoms with van der Waals surface area (Å²) in [5.74, 6) is -1.71. The fraction of sp³-hybridized carbons (Fsp3) is 0.833. The van der Waals surface area contributed by atoms with Gasteiger partial charge in [-0.3, -0.25) is 9.59 Å². The molecule has 0 heterocycles. The molecule has 2 N–H and O–H groups in total. The van der Waals surface area contributed by atoms with Crippen LogP contribution in [0.2, 0.25) is 0 Å². The molecule has 0 aromatic heterocycles. The van der Waals surface area contributed by atoms with Crippen molar-refractivity contribution in [2.45, 2.75) is 53.4 Å². The molecule has 16 heavy (non-hydrogen) atoms. The van der Waals surface area contributed by atoms with Crippen LogP contribution in [-0.2, 0) is 9.59 Å². The standard InChI is InChI=1S/2C6H12O2/c2*1-3-4-5(2)6(7)8/h2*5H,3-4H2,1-2H3,(H,7,8)/t2*5-/m10/s1. The van der Waals surface area contributed by atoms with Gasteiger partial charge in [0, 0.05) is 0 Å². The molecule has 0 aromatic rings. The Bertz CT molecular complexity index is 179. The van der Waals surface area contributed by atoms with Gasteiger partial charge in [-0.1, -0.05) is 40.5 Å². The number of carboxylic acids is 2. The normalized spacial score (nSPS) is 13.2. The topological polar surface area (TPSA) is 74.6 Å². The molecule has 0 aliphatic rings. The minimum Gasteiger partial charge on any atom is -0.481 e. The first kappa shape index (κ1) is 17.3. The number of rotatable bonds is 6. The van der Waals surface area contributed by atoms with Crippen molar-refractivity contribution in [2.24, 2.45) is 11.8 Å². The molecular formula is C12H24O4. The zero-order valence-corrected chi connectivity index (χ0v) is 10.7. The molecule has 4 heteroatoms. The third kappa shape index (κ3) is 11.0. The molecule has 4 nitrogen and oxygen atoms in total. The van der Waals surface area contributed by atoms with E-state index in [4.69, 9.17) is 10.2 Å². The highest BCUT2D eigenvalue weighted by Gasteiger charge is 2.07. The molecule has 0 aromatic carbocycles. The smallest absolute Gasteiger partial charge is 0.306 e. The number of hydrogen-bond acceptors (Lipinski definition) is 2. The summed E-state index contributed by atoms with van der Waals surface area (Å²) in [7, 11) is 0. The summed E-state index contributed by atoms with van der Waals surface area (Å²) in [6.07, 6.45) is 3.48. The van der Waals surface area contributed by atoms with E-state index in [9.17, 15) is 9.59 Å². The van der Waals surface area contributed by atoms with E-state index in [1.807, 2.05) is 13.8 Å². The van der Waals surface area contributed by atoms with Crippen molar-refractivity contribution in [3.05, 3.63) is 0 Å². The number of hydrogen-bond donors (Lipinski definition) is 2. The summed E-state index contributed by atoms with van der Waals surface area (Å²) < 4.78 is 0. The van der Waals surface area contributed by atoms with Crippen LogP contribution in [0.4, 0.5) is 0 Å². The molecule has 96 valence electrons. The summed E-state index contributed by atoms with van der Waals surface area (Å²) in [4.78, 5) is 20.2. The van der Waals surface area contributed by atoms with Crippen LogP contribution < -0.4 is 0 Å². The summed E-state index contributed by atoms with van der Waals surface area (Å²) in [5, 5.41) is 16.6. The molecule has 0 radical (unpaired) electrons. The maximum Gasteiger partial charge on any atom is 0.306 e. The first-order valence-electron chi connectivity index (χ1n) is 5.82. The second-order valence-electron chi connectivity index (χ2n) is 4.06. The lowest BCUT2D eigenvalue weighted by molar-refractivity contribution is -0.142. The Labute approximate surface area is 97.7 Å². The fourth-order valence-electron chi connectivity index (χ4n) is 1.11. The minimum atomic E-state index is -0.688. The summed E-state index contributed by atoms with van der Waals surface area (Å²) in [5.41, 5.74) is 0. The largest absolute Gasteiger partial charge is 0.481 e. The van der Waals surface area contributed by atoms with Gasteiger partial charge in [0.1, 0.15) is 0 Å². The molecule has 0 saturated heterocycles. The van der Waals surface area contributed by atoms with Crippen LogP contribution in [0.5, 0.6) is 0 Å². The van der Waals surface area contributed by atoms with Gasteiger partial charge in [0.15, 0.2) is 0 Å². The molecule has 2 atom stereocenters. The van der Waals surface area contributed by atoms with Crippen LogP contribution in [-0.4, -0.2) is 22.2 Å². The average Bonchev–Trinajstić information content (AvgIpc) is 2.19. The summed E-state index contributed by atoms with van der Waals surface area (Å²) >= 11 is 0. The van der Waals surface area contributed by atoms with Gasteiger partial charge in [0.05, 0.1) is 11.8 Å². The summed E-state index contributed by atoms with van der Waals surface area (Å²) in [6, 6.07) is 0. The molecular weight excluding hydrogens is 208 g/mol. The molecule has 0 rings (SSSR count). The molecule has 0 aliphatic carbocycles. The SMILES string of the molecule is CCC[C@@H](C)C(=O)O.CCC[C@H](C)C(=O)O. The number of aliphatic carboxylic acids is 2. The van der Waals surface area contributed by atoms with E-state index in [1.54, 1.807) is 13.8 Å². The fourth-order valence-corrected chi connectivity index (χ4v) is 1.11. The Morgan fingerprint density at radius 2 is 1.12 bits per heavy atom. The van der Waals surface area contributed by atoms with Crippen LogP contribution in [0, 0.1) is 11.8 Å². The zero-order chi connectivity index (χ0) is 13.1. The third-order valence-electron chi connectivity index (χ3n) is 2.29. The van der Waals surface area contributed by atoms with Crippen molar-refractivity contribution in [1.29, 1.82) is 0 Å². The van der Waals surface area contributed by atoms with Crippen molar-refractivity contribution in [2.75, 3.05) is 0 Å². The van der Waals surface area contributed by atoms with Crippen molar-refractivity contribution in [3.63, 3.8) is 0 Å². The van der Waals surface area contributed by atoms with Crippen LogP contribution in [0.1, 0.15) is 53.4 Å². The zero-order valence-electron chi connectivity index (χ0n) is 10.7. The Morgan fingerprint density at radius 1 is 0.875 bits per heavy atom. The van der Waals surface area contributed by atoms with Gasteiger partial charge in [0.2, 0.25) is 0 Å². The van der Waals surface area contributed by atoms with Gasteiger partial charge >= 0.3 is 11.9 Å². The third-order valence-corrected chi connectivity index (χ3v) is 2.29. The van der Waals surface area contributed by atoms with Crippen LogP contribution in [0.15, 0.2) is 0 Å². The predicted molar refractivity (Wildman–Crippen MR) is 63.4 cm³/mol. The van der Waals surface area contributed by atoms with E-state index < -0.39 is 11.9 Å². The highest BCUT2D eigenvalue weighted by atomic mass is 16.4. The minimum absolute atomic E-state index is 0.167. The van der Waals surface area contributed by atoms with Gasteiger partial charge in [-0.05, 0) is 12.8 Å². The van der Waals surface area contributed by atoms with Crippen LogP contribution >= 0.6 is 0 Å². The second kappa shape index (κ2) is 10.5. The van der Waals surface area contributed by atoms with Gasteiger partial charge < -0.3 is 10.2 Å². The van der Waals surface area contributed by atoms with E-state index >= 15 is 0 Å². The molecule has 0 spiro atoms. The van der Waals surface area contributed by atoms with Crippen molar-refractivity contribution in [3.8, 4) is 0 Å². The highest BCUT2D eigenvalue weighted by molar-refractivity contribution is 5.69. The number of carbonyl (C=O) groups is 2. The van der Waals surface area contributed by atoms with Crippen LogP contribution in [0.25, 0.3) is 0 Å². The lowest BCUT2D eigenvalue weighted by Gasteiger charge is -2.00. The predicted octanol–water partition coefficient (Wildman–Crippen LogP) is 3.01.